The number of piperidine rings is 1. The average Bonchev–Trinajstić information content (AvgIpc) is 2.07. The van der Waals surface area contributed by atoms with Gasteiger partial charge in [-0.1, -0.05) is 5.92 Å². The van der Waals surface area contributed by atoms with Crippen LogP contribution < -0.4 is 5.32 Å². The molecule has 0 bridgehead atoms. The lowest BCUT2D eigenvalue weighted by atomic mass is 9.99. The number of nitrogens with one attached hydrogen (secondary N) is 1. The molecule has 0 amide bonds. The van der Waals surface area contributed by atoms with Crippen LogP contribution >= 0.6 is 12.4 Å². The van der Waals surface area contributed by atoms with Gasteiger partial charge in [0.2, 0.25) is 0 Å². The predicted octanol–water partition coefficient (Wildman–Crippen LogP) is 1.06. The molecule has 1 rings (SSSR count). The molecule has 2 nitrogen and oxygen atoms in total. The molecule has 0 atom stereocenters. The van der Waals surface area contributed by atoms with Crippen molar-refractivity contribution < 1.29 is 4.74 Å². The molecule has 1 aliphatic rings. The van der Waals surface area contributed by atoms with Crippen molar-refractivity contribution in [1.82, 2.24) is 5.32 Å². The summed E-state index contributed by atoms with van der Waals surface area (Å²) in [5, 5.41) is 3.31. The number of hydrogen-bond donors (Lipinski definition) is 1. The molecule has 3 heteroatoms. The van der Waals surface area contributed by atoms with E-state index in [4.69, 9.17) is 11.2 Å². The Balaban J connectivity index is 0.00000121. The first-order valence-electron chi connectivity index (χ1n) is 4.15. The summed E-state index contributed by atoms with van der Waals surface area (Å²) in [7, 11) is 0. The maximum Gasteiger partial charge on any atom is 0.107 e. The average molecular weight is 190 g/mol. The summed E-state index contributed by atoms with van der Waals surface area (Å²) in [4.78, 5) is 0. The fraction of sp³-hybridized carbons (Fsp3) is 0.778. The van der Waals surface area contributed by atoms with Crippen LogP contribution in [-0.4, -0.2) is 26.3 Å². The third-order valence-corrected chi connectivity index (χ3v) is 2.00. The van der Waals surface area contributed by atoms with E-state index in [-0.39, 0.29) is 12.4 Å². The first-order valence-corrected chi connectivity index (χ1v) is 4.15. The van der Waals surface area contributed by atoms with Crippen molar-refractivity contribution in [2.24, 2.45) is 5.92 Å². The first kappa shape index (κ1) is 11.8. The molecule has 0 unspecified atom stereocenters. The van der Waals surface area contributed by atoms with E-state index < -0.39 is 0 Å². The van der Waals surface area contributed by atoms with Gasteiger partial charge >= 0.3 is 0 Å². The fourth-order valence-electron chi connectivity index (χ4n) is 1.33. The highest BCUT2D eigenvalue weighted by Gasteiger charge is 2.11. The van der Waals surface area contributed by atoms with Gasteiger partial charge in [-0.2, -0.15) is 0 Å². The summed E-state index contributed by atoms with van der Waals surface area (Å²) in [5.74, 6) is 3.20. The van der Waals surface area contributed by atoms with Crippen LogP contribution in [0.25, 0.3) is 0 Å². The highest BCUT2D eigenvalue weighted by atomic mass is 35.5. The molecule has 1 heterocycles. The Morgan fingerprint density at radius 2 is 2.08 bits per heavy atom. The molecule has 1 N–H and O–H groups in total. The molecule has 0 radical (unpaired) electrons. The van der Waals surface area contributed by atoms with Gasteiger partial charge in [0, 0.05) is 0 Å². The maximum atomic E-state index is 5.26. The van der Waals surface area contributed by atoms with E-state index in [0.717, 1.165) is 25.6 Å². The van der Waals surface area contributed by atoms with Gasteiger partial charge in [-0.15, -0.1) is 18.8 Å². The Kier molecular flexibility index (Phi) is 7.28. The molecule has 70 valence electrons. The summed E-state index contributed by atoms with van der Waals surface area (Å²) < 4.78 is 5.26. The van der Waals surface area contributed by atoms with Crippen molar-refractivity contribution >= 4 is 12.4 Å². The number of halogens is 1. The fourth-order valence-corrected chi connectivity index (χ4v) is 1.33. The Labute approximate surface area is 80.5 Å². The number of ether oxygens (including phenoxy) is 1. The second-order valence-corrected chi connectivity index (χ2v) is 2.91. The third-order valence-electron chi connectivity index (χ3n) is 2.00. The van der Waals surface area contributed by atoms with Crippen LogP contribution in [0, 0.1) is 18.3 Å². The van der Waals surface area contributed by atoms with Crippen LogP contribution in [0.2, 0.25) is 0 Å². The molecule has 0 aromatic rings. The molecule has 0 aromatic heterocycles. The van der Waals surface area contributed by atoms with Crippen LogP contribution in [0.1, 0.15) is 12.8 Å². The molecular weight excluding hydrogens is 174 g/mol. The highest BCUT2D eigenvalue weighted by molar-refractivity contribution is 5.85. The quantitative estimate of drug-likeness (QED) is 0.530. The van der Waals surface area contributed by atoms with E-state index in [2.05, 4.69) is 11.2 Å². The van der Waals surface area contributed by atoms with Gasteiger partial charge in [0.15, 0.2) is 0 Å². The van der Waals surface area contributed by atoms with Crippen LogP contribution in [0.5, 0.6) is 0 Å². The standard InChI is InChI=1S/C9H15NO.ClH/c1-2-7-11-8-9-3-5-10-6-4-9;/h1,9-10H,3-8H2;1H. The molecule has 0 saturated carbocycles. The van der Waals surface area contributed by atoms with Crippen molar-refractivity contribution in [2.75, 3.05) is 26.3 Å². The summed E-state index contributed by atoms with van der Waals surface area (Å²) in [5.41, 5.74) is 0. The van der Waals surface area contributed by atoms with Crippen molar-refractivity contribution in [3.63, 3.8) is 0 Å². The maximum absolute atomic E-state index is 5.26. The molecule has 1 aliphatic heterocycles. The SMILES string of the molecule is C#CCOCC1CCNCC1.Cl. The minimum atomic E-state index is 0. The van der Waals surface area contributed by atoms with Crippen LogP contribution in [0.15, 0.2) is 0 Å². The highest BCUT2D eigenvalue weighted by Crippen LogP contribution is 2.11. The Bertz CT molecular complexity index is 138. The molecular formula is C9H16ClNO. The van der Waals surface area contributed by atoms with Gasteiger partial charge in [-0.05, 0) is 31.8 Å². The van der Waals surface area contributed by atoms with Crippen LogP contribution in [0.4, 0.5) is 0 Å². The summed E-state index contributed by atoms with van der Waals surface area (Å²) in [6, 6.07) is 0. The zero-order valence-electron chi connectivity index (χ0n) is 7.21. The van der Waals surface area contributed by atoms with Crippen LogP contribution in [-0.2, 0) is 4.74 Å². The zero-order chi connectivity index (χ0) is 7.94. The van der Waals surface area contributed by atoms with Crippen molar-refractivity contribution in [1.29, 1.82) is 0 Å². The Hall–Kier alpha value is -0.230. The lowest BCUT2D eigenvalue weighted by Gasteiger charge is -2.21. The van der Waals surface area contributed by atoms with E-state index in [1.165, 1.54) is 12.8 Å². The van der Waals surface area contributed by atoms with Gasteiger partial charge in [-0.3, -0.25) is 0 Å². The summed E-state index contributed by atoms with van der Waals surface area (Å²) >= 11 is 0. The van der Waals surface area contributed by atoms with E-state index in [1.807, 2.05) is 0 Å². The largest absolute Gasteiger partial charge is 0.369 e. The van der Waals surface area contributed by atoms with Crippen molar-refractivity contribution in [3.05, 3.63) is 0 Å². The first-order chi connectivity index (χ1) is 5.43. The van der Waals surface area contributed by atoms with Gasteiger partial charge < -0.3 is 10.1 Å². The topological polar surface area (TPSA) is 21.3 Å². The van der Waals surface area contributed by atoms with E-state index >= 15 is 0 Å². The normalized spacial score (nSPS) is 17.9. The number of terminal acetylenes is 1. The predicted molar refractivity (Wildman–Crippen MR) is 52.5 cm³/mol. The minimum Gasteiger partial charge on any atom is -0.369 e. The smallest absolute Gasteiger partial charge is 0.107 e. The van der Waals surface area contributed by atoms with Gasteiger partial charge in [0.25, 0.3) is 0 Å². The third kappa shape index (κ3) is 4.61. The number of rotatable bonds is 3. The molecule has 0 aromatic carbocycles. The van der Waals surface area contributed by atoms with Gasteiger partial charge in [0.1, 0.15) is 6.61 Å². The lowest BCUT2D eigenvalue weighted by molar-refractivity contribution is 0.112. The Morgan fingerprint density at radius 3 is 2.67 bits per heavy atom. The summed E-state index contributed by atoms with van der Waals surface area (Å²) in [6.45, 7) is 3.56. The molecule has 1 fully saturated rings. The second-order valence-electron chi connectivity index (χ2n) is 2.91. The Morgan fingerprint density at radius 1 is 1.42 bits per heavy atom. The molecule has 1 saturated heterocycles. The van der Waals surface area contributed by atoms with E-state index in [1.54, 1.807) is 0 Å². The molecule has 12 heavy (non-hydrogen) atoms. The van der Waals surface area contributed by atoms with E-state index in [9.17, 15) is 0 Å². The lowest BCUT2D eigenvalue weighted by Crippen LogP contribution is -2.29. The van der Waals surface area contributed by atoms with E-state index in [0.29, 0.717) is 6.61 Å². The molecule has 0 aliphatic carbocycles. The second kappa shape index (κ2) is 7.42. The van der Waals surface area contributed by atoms with Crippen LogP contribution in [0.3, 0.4) is 0 Å². The zero-order valence-corrected chi connectivity index (χ0v) is 8.03. The summed E-state index contributed by atoms with van der Waals surface area (Å²) in [6.07, 6.45) is 7.51. The molecule has 0 spiro atoms. The number of hydrogen-bond acceptors (Lipinski definition) is 2. The minimum absolute atomic E-state index is 0. The van der Waals surface area contributed by atoms with Crippen molar-refractivity contribution in [2.45, 2.75) is 12.8 Å². The van der Waals surface area contributed by atoms with Crippen molar-refractivity contribution in [3.8, 4) is 12.3 Å². The van der Waals surface area contributed by atoms with Gasteiger partial charge in [0.05, 0.1) is 6.61 Å². The monoisotopic (exact) mass is 189 g/mol. The van der Waals surface area contributed by atoms with Gasteiger partial charge in [-0.25, -0.2) is 0 Å².